The predicted molar refractivity (Wildman–Crippen MR) is 42.5 cm³/mol. The Morgan fingerprint density at radius 1 is 1.07 bits per heavy atom. The number of benzene rings is 1. The van der Waals surface area contributed by atoms with Crippen molar-refractivity contribution in [3.05, 3.63) is 24.3 Å². The molecule has 0 saturated carbocycles. The third-order valence-corrected chi connectivity index (χ3v) is 1.43. The Labute approximate surface area is 81.4 Å². The van der Waals surface area contributed by atoms with Crippen molar-refractivity contribution in [2.45, 2.75) is 12.3 Å². The fourth-order valence-corrected chi connectivity index (χ4v) is 0.784. The van der Waals surface area contributed by atoms with E-state index in [0.29, 0.717) is 0 Å². The van der Waals surface area contributed by atoms with E-state index in [1.807, 2.05) is 0 Å². The molecule has 0 atom stereocenters. The van der Waals surface area contributed by atoms with E-state index < -0.39 is 18.0 Å². The molecule has 0 spiro atoms. The second kappa shape index (κ2) is 3.56. The number of alkyl halides is 5. The van der Waals surface area contributed by atoms with E-state index in [9.17, 15) is 22.0 Å². The molecule has 0 unspecified atom stereocenters. The number of halogens is 5. The van der Waals surface area contributed by atoms with Gasteiger partial charge in [-0.05, 0) is 12.1 Å². The summed E-state index contributed by atoms with van der Waals surface area (Å²) in [4.78, 5) is 0. The summed E-state index contributed by atoms with van der Waals surface area (Å²) in [6, 6.07) is 4.37. The molecule has 1 aromatic rings. The third-order valence-electron chi connectivity index (χ3n) is 1.43. The van der Waals surface area contributed by atoms with Gasteiger partial charge < -0.3 is 10.5 Å². The zero-order valence-electron chi connectivity index (χ0n) is 7.18. The van der Waals surface area contributed by atoms with Crippen molar-refractivity contribution in [1.29, 1.82) is 0 Å². The van der Waals surface area contributed by atoms with Gasteiger partial charge in [-0.2, -0.15) is 22.0 Å². The molecule has 1 aromatic carbocycles. The molecule has 7 heteroatoms. The lowest BCUT2D eigenvalue weighted by atomic mass is 10.3. The second-order valence-corrected chi connectivity index (χ2v) is 2.69. The molecule has 0 bridgehead atoms. The number of hydrogen-bond acceptors (Lipinski definition) is 2. The van der Waals surface area contributed by atoms with Gasteiger partial charge in [-0.25, -0.2) is 0 Å². The lowest BCUT2D eigenvalue weighted by molar-refractivity contribution is -0.360. The van der Waals surface area contributed by atoms with Crippen LogP contribution in [0.25, 0.3) is 0 Å². The van der Waals surface area contributed by atoms with Crippen LogP contribution < -0.4 is 10.5 Å². The summed E-state index contributed by atoms with van der Waals surface area (Å²) >= 11 is 0. The van der Waals surface area contributed by atoms with E-state index in [1.54, 1.807) is 0 Å². The highest BCUT2D eigenvalue weighted by molar-refractivity contribution is 5.43. The maximum atomic E-state index is 12.4. The van der Waals surface area contributed by atoms with E-state index in [1.165, 1.54) is 12.1 Å². The molecule has 0 radical (unpaired) electrons. The van der Waals surface area contributed by atoms with Crippen LogP contribution in [0.1, 0.15) is 0 Å². The van der Waals surface area contributed by atoms with Gasteiger partial charge in [0.05, 0.1) is 0 Å². The Balaban J connectivity index is 2.87. The SMILES string of the molecule is Nc1cccc(OC(F)(F)C(F)(F)F)c1. The fraction of sp³-hybridized carbons (Fsp3) is 0.250. The first-order valence-corrected chi connectivity index (χ1v) is 3.71. The van der Waals surface area contributed by atoms with Crippen molar-refractivity contribution < 1.29 is 26.7 Å². The molecular weight excluding hydrogens is 221 g/mol. The molecule has 2 nitrogen and oxygen atoms in total. The summed E-state index contributed by atoms with van der Waals surface area (Å²) in [5.74, 6) is -0.641. The summed E-state index contributed by atoms with van der Waals surface area (Å²) in [5.41, 5.74) is 5.21. The van der Waals surface area contributed by atoms with Crippen LogP contribution in [0.4, 0.5) is 27.6 Å². The zero-order valence-corrected chi connectivity index (χ0v) is 7.18. The number of anilines is 1. The van der Waals surface area contributed by atoms with Crippen LogP contribution in [0.3, 0.4) is 0 Å². The minimum absolute atomic E-state index is 0.0328. The molecule has 1 rings (SSSR count). The molecule has 15 heavy (non-hydrogen) atoms. The predicted octanol–water partition coefficient (Wildman–Crippen LogP) is 2.80. The minimum atomic E-state index is -5.75. The van der Waals surface area contributed by atoms with Crippen LogP contribution in [0.5, 0.6) is 5.75 Å². The van der Waals surface area contributed by atoms with Crippen LogP contribution in [0.15, 0.2) is 24.3 Å². The third kappa shape index (κ3) is 2.71. The first-order chi connectivity index (χ1) is 6.72. The first kappa shape index (κ1) is 11.5. The maximum absolute atomic E-state index is 12.4. The van der Waals surface area contributed by atoms with Crippen molar-refractivity contribution >= 4 is 5.69 Å². The number of nitrogen functional groups attached to an aromatic ring is 1. The van der Waals surface area contributed by atoms with Crippen LogP contribution in [0, 0.1) is 0 Å². The van der Waals surface area contributed by atoms with Crippen molar-refractivity contribution in [1.82, 2.24) is 0 Å². The second-order valence-electron chi connectivity index (χ2n) is 2.69. The molecule has 2 N–H and O–H groups in total. The lowest BCUT2D eigenvalue weighted by Crippen LogP contribution is -2.41. The van der Waals surface area contributed by atoms with Crippen LogP contribution in [-0.4, -0.2) is 12.3 Å². The van der Waals surface area contributed by atoms with Crippen LogP contribution in [0.2, 0.25) is 0 Å². The van der Waals surface area contributed by atoms with Crippen molar-refractivity contribution in [3.63, 3.8) is 0 Å². The van der Waals surface area contributed by atoms with Gasteiger partial charge in [0, 0.05) is 11.8 Å². The molecule has 0 aliphatic carbocycles. The average Bonchev–Trinajstić information content (AvgIpc) is 2.00. The van der Waals surface area contributed by atoms with E-state index in [4.69, 9.17) is 5.73 Å². The van der Waals surface area contributed by atoms with Gasteiger partial charge in [-0.3, -0.25) is 0 Å². The van der Waals surface area contributed by atoms with Crippen LogP contribution in [-0.2, 0) is 0 Å². The molecule has 0 aliphatic rings. The Kier molecular flexibility index (Phi) is 2.74. The fourth-order valence-electron chi connectivity index (χ4n) is 0.784. The van der Waals surface area contributed by atoms with E-state index in [0.717, 1.165) is 12.1 Å². The highest BCUT2D eigenvalue weighted by atomic mass is 19.4. The van der Waals surface area contributed by atoms with E-state index in [-0.39, 0.29) is 5.69 Å². The quantitative estimate of drug-likeness (QED) is 0.622. The average molecular weight is 227 g/mol. The van der Waals surface area contributed by atoms with Gasteiger partial charge in [-0.15, -0.1) is 0 Å². The smallest absolute Gasteiger partial charge is 0.426 e. The van der Waals surface area contributed by atoms with E-state index in [2.05, 4.69) is 4.74 Å². The Bertz CT molecular complexity index is 349. The summed E-state index contributed by atoms with van der Waals surface area (Å²) in [6.45, 7) is 0. The summed E-state index contributed by atoms with van der Waals surface area (Å²) in [5, 5.41) is 0. The number of hydrogen-bond donors (Lipinski definition) is 1. The standard InChI is InChI=1S/C8H6F5NO/c9-7(10,11)8(12,13)15-6-3-1-2-5(14)4-6/h1-4H,14H2. The minimum Gasteiger partial charge on any atom is -0.426 e. The Hall–Kier alpha value is -1.53. The monoisotopic (exact) mass is 227 g/mol. The van der Waals surface area contributed by atoms with Crippen molar-refractivity contribution in [3.8, 4) is 5.75 Å². The summed E-state index contributed by atoms with van der Waals surface area (Å²) in [7, 11) is 0. The maximum Gasteiger partial charge on any atom is 0.499 e. The largest absolute Gasteiger partial charge is 0.499 e. The highest BCUT2D eigenvalue weighted by Gasteiger charge is 2.61. The number of ether oxygens (including phenoxy) is 1. The molecule has 0 saturated heterocycles. The van der Waals surface area contributed by atoms with Gasteiger partial charge in [0.2, 0.25) is 0 Å². The first-order valence-electron chi connectivity index (χ1n) is 3.71. The lowest BCUT2D eigenvalue weighted by Gasteiger charge is -2.20. The van der Waals surface area contributed by atoms with Gasteiger partial charge in [0.1, 0.15) is 5.75 Å². The van der Waals surface area contributed by atoms with Gasteiger partial charge in [0.25, 0.3) is 0 Å². The van der Waals surface area contributed by atoms with Gasteiger partial charge in [-0.1, -0.05) is 6.07 Å². The topological polar surface area (TPSA) is 35.2 Å². The Morgan fingerprint density at radius 2 is 1.67 bits per heavy atom. The molecular formula is C8H6F5NO. The van der Waals surface area contributed by atoms with E-state index >= 15 is 0 Å². The number of rotatable bonds is 2. The van der Waals surface area contributed by atoms with Crippen molar-refractivity contribution in [2.24, 2.45) is 0 Å². The molecule has 0 aliphatic heterocycles. The summed E-state index contributed by atoms with van der Waals surface area (Å²) in [6.07, 6.45) is -11.0. The molecule has 0 fully saturated rings. The Morgan fingerprint density at radius 3 is 2.13 bits per heavy atom. The zero-order chi connectivity index (χ0) is 11.7. The highest BCUT2D eigenvalue weighted by Crippen LogP contribution is 2.37. The normalized spacial score (nSPS) is 12.6. The number of nitrogens with two attached hydrogens (primary N) is 1. The van der Waals surface area contributed by atoms with Crippen molar-refractivity contribution in [2.75, 3.05) is 5.73 Å². The molecule has 0 heterocycles. The van der Waals surface area contributed by atoms with Gasteiger partial charge >= 0.3 is 12.3 Å². The van der Waals surface area contributed by atoms with Crippen LogP contribution >= 0.6 is 0 Å². The molecule has 84 valence electrons. The molecule has 0 aromatic heterocycles. The molecule has 0 amide bonds. The summed E-state index contributed by atoms with van der Waals surface area (Å²) < 4.78 is 63.4. The van der Waals surface area contributed by atoms with Gasteiger partial charge in [0.15, 0.2) is 0 Å².